The lowest BCUT2D eigenvalue weighted by molar-refractivity contribution is 0.0192. The standard InChI is InChI=1S/C9H21NO/c1-8(2)11-7-9(3,4)5-6-10/h8H,5-7,10H2,1-4H3. The van der Waals surface area contributed by atoms with Crippen LogP contribution in [0.4, 0.5) is 0 Å². The van der Waals surface area contributed by atoms with Crippen molar-refractivity contribution in [2.45, 2.75) is 40.2 Å². The van der Waals surface area contributed by atoms with Crippen LogP contribution in [-0.4, -0.2) is 19.3 Å². The average Bonchev–Trinajstić information content (AvgIpc) is 1.84. The first-order chi connectivity index (χ1) is 4.98. The van der Waals surface area contributed by atoms with Gasteiger partial charge in [0.2, 0.25) is 0 Å². The predicted octanol–water partition coefficient (Wildman–Crippen LogP) is 1.79. The normalized spacial score (nSPS) is 12.5. The highest BCUT2D eigenvalue weighted by Gasteiger charge is 2.17. The van der Waals surface area contributed by atoms with Crippen molar-refractivity contribution in [3.05, 3.63) is 0 Å². The lowest BCUT2D eigenvalue weighted by Crippen LogP contribution is -2.24. The molecule has 0 aromatic heterocycles. The van der Waals surface area contributed by atoms with Gasteiger partial charge in [-0.1, -0.05) is 13.8 Å². The molecule has 0 heterocycles. The number of hydrogen-bond acceptors (Lipinski definition) is 2. The van der Waals surface area contributed by atoms with Crippen molar-refractivity contribution in [1.29, 1.82) is 0 Å². The summed E-state index contributed by atoms with van der Waals surface area (Å²) in [5.74, 6) is 0. The molecule has 0 atom stereocenters. The molecule has 2 nitrogen and oxygen atoms in total. The zero-order chi connectivity index (χ0) is 8.91. The summed E-state index contributed by atoms with van der Waals surface area (Å²) in [6.45, 7) is 10.0. The molecule has 0 aliphatic heterocycles. The summed E-state index contributed by atoms with van der Waals surface area (Å²) in [6, 6.07) is 0. The number of ether oxygens (including phenoxy) is 1. The van der Waals surface area contributed by atoms with Gasteiger partial charge in [0.05, 0.1) is 12.7 Å². The van der Waals surface area contributed by atoms with Gasteiger partial charge in [-0.2, -0.15) is 0 Å². The van der Waals surface area contributed by atoms with Gasteiger partial charge in [-0.3, -0.25) is 0 Å². The Morgan fingerprint density at radius 1 is 1.36 bits per heavy atom. The molecule has 0 saturated carbocycles. The van der Waals surface area contributed by atoms with E-state index in [0.29, 0.717) is 6.10 Å². The van der Waals surface area contributed by atoms with Crippen molar-refractivity contribution in [3.63, 3.8) is 0 Å². The van der Waals surface area contributed by atoms with Crippen LogP contribution in [0.25, 0.3) is 0 Å². The van der Waals surface area contributed by atoms with Crippen LogP contribution in [0.15, 0.2) is 0 Å². The first-order valence-electron chi connectivity index (χ1n) is 4.29. The summed E-state index contributed by atoms with van der Waals surface area (Å²) in [7, 11) is 0. The topological polar surface area (TPSA) is 35.2 Å². The Hall–Kier alpha value is -0.0800. The minimum atomic E-state index is 0.235. The largest absolute Gasteiger partial charge is 0.378 e. The lowest BCUT2D eigenvalue weighted by Gasteiger charge is -2.24. The quantitative estimate of drug-likeness (QED) is 0.663. The first-order valence-corrected chi connectivity index (χ1v) is 4.29. The predicted molar refractivity (Wildman–Crippen MR) is 48.5 cm³/mol. The lowest BCUT2D eigenvalue weighted by atomic mass is 9.90. The van der Waals surface area contributed by atoms with E-state index in [-0.39, 0.29) is 5.41 Å². The molecule has 0 aromatic rings. The van der Waals surface area contributed by atoms with Crippen LogP contribution >= 0.6 is 0 Å². The molecule has 0 aromatic carbocycles. The van der Waals surface area contributed by atoms with Crippen molar-refractivity contribution in [1.82, 2.24) is 0 Å². The van der Waals surface area contributed by atoms with Crippen molar-refractivity contribution < 1.29 is 4.74 Å². The Bertz CT molecular complexity index is 99.7. The zero-order valence-electron chi connectivity index (χ0n) is 8.18. The Morgan fingerprint density at radius 3 is 2.27 bits per heavy atom. The second-order valence-corrected chi connectivity index (χ2v) is 4.06. The molecule has 0 saturated heterocycles. The molecule has 2 heteroatoms. The van der Waals surface area contributed by atoms with E-state index in [1.54, 1.807) is 0 Å². The van der Waals surface area contributed by atoms with Gasteiger partial charge in [0.15, 0.2) is 0 Å². The fraction of sp³-hybridized carbons (Fsp3) is 1.00. The average molecular weight is 159 g/mol. The van der Waals surface area contributed by atoms with E-state index in [2.05, 4.69) is 27.7 Å². The molecular weight excluding hydrogens is 138 g/mol. The molecule has 0 aliphatic carbocycles. The summed E-state index contributed by atoms with van der Waals surface area (Å²) in [5, 5.41) is 0. The van der Waals surface area contributed by atoms with Gasteiger partial charge in [0, 0.05) is 0 Å². The molecule has 0 radical (unpaired) electrons. The Labute approximate surface area is 70.1 Å². The smallest absolute Gasteiger partial charge is 0.0521 e. The minimum absolute atomic E-state index is 0.235. The monoisotopic (exact) mass is 159 g/mol. The highest BCUT2D eigenvalue weighted by Crippen LogP contribution is 2.19. The van der Waals surface area contributed by atoms with Gasteiger partial charge in [0.1, 0.15) is 0 Å². The van der Waals surface area contributed by atoms with E-state index in [9.17, 15) is 0 Å². The summed E-state index contributed by atoms with van der Waals surface area (Å²) in [6.07, 6.45) is 1.35. The van der Waals surface area contributed by atoms with Crippen molar-refractivity contribution >= 4 is 0 Å². The molecule has 2 N–H and O–H groups in total. The van der Waals surface area contributed by atoms with Gasteiger partial charge in [-0.25, -0.2) is 0 Å². The van der Waals surface area contributed by atoms with Crippen LogP contribution in [0.2, 0.25) is 0 Å². The molecule has 0 rings (SSSR count). The second kappa shape index (κ2) is 4.73. The van der Waals surface area contributed by atoms with Crippen LogP contribution in [0.3, 0.4) is 0 Å². The van der Waals surface area contributed by atoms with Gasteiger partial charge < -0.3 is 10.5 Å². The molecule has 0 bridgehead atoms. The number of rotatable bonds is 5. The highest BCUT2D eigenvalue weighted by atomic mass is 16.5. The number of hydrogen-bond donors (Lipinski definition) is 1. The molecule has 0 spiro atoms. The maximum absolute atomic E-state index is 5.50. The Balaban J connectivity index is 3.54. The maximum Gasteiger partial charge on any atom is 0.0521 e. The Morgan fingerprint density at radius 2 is 1.91 bits per heavy atom. The van der Waals surface area contributed by atoms with Crippen molar-refractivity contribution in [2.75, 3.05) is 13.2 Å². The van der Waals surface area contributed by atoms with Crippen LogP contribution < -0.4 is 5.73 Å². The molecule has 0 fully saturated rings. The zero-order valence-corrected chi connectivity index (χ0v) is 8.18. The van der Waals surface area contributed by atoms with E-state index in [0.717, 1.165) is 19.6 Å². The second-order valence-electron chi connectivity index (χ2n) is 4.06. The number of nitrogens with two attached hydrogens (primary N) is 1. The maximum atomic E-state index is 5.50. The van der Waals surface area contributed by atoms with E-state index >= 15 is 0 Å². The van der Waals surface area contributed by atoms with E-state index < -0.39 is 0 Å². The third kappa shape index (κ3) is 6.32. The third-order valence-corrected chi connectivity index (χ3v) is 1.63. The summed E-state index contributed by atoms with van der Waals surface area (Å²) in [4.78, 5) is 0. The molecular formula is C9H21NO. The molecule has 0 amide bonds. The van der Waals surface area contributed by atoms with Gasteiger partial charge in [0.25, 0.3) is 0 Å². The molecule has 11 heavy (non-hydrogen) atoms. The molecule has 0 unspecified atom stereocenters. The third-order valence-electron chi connectivity index (χ3n) is 1.63. The minimum Gasteiger partial charge on any atom is -0.378 e. The summed E-state index contributed by atoms with van der Waals surface area (Å²) < 4.78 is 5.50. The molecule has 68 valence electrons. The van der Waals surface area contributed by atoms with Gasteiger partial charge in [-0.15, -0.1) is 0 Å². The van der Waals surface area contributed by atoms with Crippen molar-refractivity contribution in [3.8, 4) is 0 Å². The van der Waals surface area contributed by atoms with Crippen LogP contribution in [0.5, 0.6) is 0 Å². The van der Waals surface area contributed by atoms with E-state index in [1.165, 1.54) is 0 Å². The van der Waals surface area contributed by atoms with Gasteiger partial charge in [-0.05, 0) is 32.2 Å². The van der Waals surface area contributed by atoms with Crippen LogP contribution in [0, 0.1) is 5.41 Å². The first kappa shape index (κ1) is 10.9. The molecule has 0 aliphatic rings. The SMILES string of the molecule is CC(C)OCC(C)(C)CCN. The summed E-state index contributed by atoms with van der Waals surface area (Å²) in [5.41, 5.74) is 5.70. The van der Waals surface area contributed by atoms with Crippen LogP contribution in [0.1, 0.15) is 34.1 Å². The van der Waals surface area contributed by atoms with E-state index in [4.69, 9.17) is 10.5 Å². The fourth-order valence-electron chi connectivity index (χ4n) is 0.855. The van der Waals surface area contributed by atoms with E-state index in [1.807, 2.05) is 0 Å². The fourth-order valence-corrected chi connectivity index (χ4v) is 0.855. The van der Waals surface area contributed by atoms with Gasteiger partial charge >= 0.3 is 0 Å². The highest BCUT2D eigenvalue weighted by molar-refractivity contribution is 4.68. The Kier molecular flexibility index (Phi) is 4.69. The summed E-state index contributed by atoms with van der Waals surface area (Å²) >= 11 is 0. The van der Waals surface area contributed by atoms with Crippen LogP contribution in [-0.2, 0) is 4.74 Å². The van der Waals surface area contributed by atoms with Crippen molar-refractivity contribution in [2.24, 2.45) is 11.1 Å².